The quantitative estimate of drug-likeness (QED) is 0.834. The lowest BCUT2D eigenvalue weighted by Gasteiger charge is -2.19. The highest BCUT2D eigenvalue weighted by molar-refractivity contribution is 5.77. The SMILES string of the molecule is CCNC(C)c1ccc(F)cc1OCC(=O)N(C)CC. The number of carbonyl (C=O) groups excluding carboxylic acids is 1. The lowest BCUT2D eigenvalue weighted by Crippen LogP contribution is -2.31. The minimum absolute atomic E-state index is 0.0367. The van der Waals surface area contributed by atoms with Gasteiger partial charge in [-0.15, -0.1) is 0 Å². The highest BCUT2D eigenvalue weighted by Crippen LogP contribution is 2.26. The van der Waals surface area contributed by atoms with Gasteiger partial charge in [0.05, 0.1) is 0 Å². The number of carbonyl (C=O) groups is 1. The number of benzene rings is 1. The van der Waals surface area contributed by atoms with Crippen molar-refractivity contribution in [2.45, 2.75) is 26.8 Å². The summed E-state index contributed by atoms with van der Waals surface area (Å²) in [5.41, 5.74) is 0.847. The molecule has 0 aliphatic carbocycles. The molecule has 0 saturated carbocycles. The van der Waals surface area contributed by atoms with E-state index in [2.05, 4.69) is 5.32 Å². The maximum Gasteiger partial charge on any atom is 0.260 e. The van der Waals surface area contributed by atoms with E-state index in [0.717, 1.165) is 12.1 Å². The van der Waals surface area contributed by atoms with Crippen LogP contribution >= 0.6 is 0 Å². The molecule has 5 heteroatoms. The van der Waals surface area contributed by atoms with Crippen molar-refractivity contribution in [3.8, 4) is 5.75 Å². The predicted octanol–water partition coefficient (Wildman–Crippen LogP) is 2.35. The number of hydrogen-bond acceptors (Lipinski definition) is 3. The Morgan fingerprint density at radius 2 is 2.15 bits per heavy atom. The van der Waals surface area contributed by atoms with Crippen molar-refractivity contribution >= 4 is 5.91 Å². The monoisotopic (exact) mass is 282 g/mol. The predicted molar refractivity (Wildman–Crippen MR) is 77.3 cm³/mol. The Morgan fingerprint density at radius 1 is 1.45 bits per heavy atom. The lowest BCUT2D eigenvalue weighted by atomic mass is 10.1. The molecule has 1 unspecified atom stereocenters. The van der Waals surface area contributed by atoms with Crippen LogP contribution in [-0.2, 0) is 4.79 Å². The van der Waals surface area contributed by atoms with Gasteiger partial charge in [0.1, 0.15) is 11.6 Å². The van der Waals surface area contributed by atoms with Crippen LogP contribution in [0.25, 0.3) is 0 Å². The lowest BCUT2D eigenvalue weighted by molar-refractivity contribution is -0.131. The fourth-order valence-electron chi connectivity index (χ4n) is 1.83. The second-order valence-corrected chi connectivity index (χ2v) is 4.66. The molecule has 1 N–H and O–H groups in total. The third-order valence-corrected chi connectivity index (χ3v) is 3.20. The van der Waals surface area contributed by atoms with E-state index < -0.39 is 0 Å². The molecular formula is C15H23FN2O2. The Hall–Kier alpha value is -1.62. The highest BCUT2D eigenvalue weighted by atomic mass is 19.1. The third-order valence-electron chi connectivity index (χ3n) is 3.20. The van der Waals surface area contributed by atoms with Crippen LogP contribution in [0.5, 0.6) is 5.75 Å². The molecule has 0 aliphatic heterocycles. The van der Waals surface area contributed by atoms with Crippen molar-refractivity contribution in [3.05, 3.63) is 29.6 Å². The number of likely N-dealkylation sites (N-methyl/N-ethyl adjacent to an activating group) is 1. The minimum Gasteiger partial charge on any atom is -0.483 e. The summed E-state index contributed by atoms with van der Waals surface area (Å²) in [5.74, 6) is -0.0844. The summed E-state index contributed by atoms with van der Waals surface area (Å²) in [6, 6.07) is 4.44. The standard InChI is InChI=1S/C15H23FN2O2/c1-5-17-11(3)13-8-7-12(16)9-14(13)20-10-15(19)18(4)6-2/h7-9,11,17H,5-6,10H2,1-4H3. The molecule has 4 nitrogen and oxygen atoms in total. The summed E-state index contributed by atoms with van der Waals surface area (Å²) in [6.45, 7) is 7.20. The number of amides is 1. The van der Waals surface area contributed by atoms with Crippen molar-refractivity contribution in [3.63, 3.8) is 0 Å². The smallest absolute Gasteiger partial charge is 0.260 e. The number of ether oxygens (including phenoxy) is 1. The van der Waals surface area contributed by atoms with Crippen LogP contribution in [0.3, 0.4) is 0 Å². The van der Waals surface area contributed by atoms with E-state index in [0.29, 0.717) is 12.3 Å². The molecular weight excluding hydrogens is 259 g/mol. The molecule has 0 saturated heterocycles. The molecule has 0 fully saturated rings. The van der Waals surface area contributed by atoms with Gasteiger partial charge >= 0.3 is 0 Å². The first-order chi connectivity index (χ1) is 9.49. The molecule has 0 bridgehead atoms. The average molecular weight is 282 g/mol. The van der Waals surface area contributed by atoms with E-state index >= 15 is 0 Å². The van der Waals surface area contributed by atoms with E-state index in [4.69, 9.17) is 4.74 Å². The molecule has 0 radical (unpaired) electrons. The van der Waals surface area contributed by atoms with Gasteiger partial charge in [-0.3, -0.25) is 4.79 Å². The van der Waals surface area contributed by atoms with E-state index in [1.54, 1.807) is 18.0 Å². The third kappa shape index (κ3) is 4.49. The average Bonchev–Trinajstić information content (AvgIpc) is 2.44. The van der Waals surface area contributed by atoms with Gasteiger partial charge in [-0.05, 0) is 26.5 Å². The first-order valence-electron chi connectivity index (χ1n) is 6.89. The molecule has 20 heavy (non-hydrogen) atoms. The summed E-state index contributed by atoms with van der Waals surface area (Å²) < 4.78 is 18.8. The molecule has 1 aromatic rings. The number of halogens is 1. The van der Waals surface area contributed by atoms with E-state index in [1.165, 1.54) is 12.1 Å². The van der Waals surface area contributed by atoms with Crippen LogP contribution in [0.4, 0.5) is 4.39 Å². The topological polar surface area (TPSA) is 41.6 Å². The van der Waals surface area contributed by atoms with E-state index in [9.17, 15) is 9.18 Å². The largest absolute Gasteiger partial charge is 0.483 e. The molecule has 0 aromatic heterocycles. The Bertz CT molecular complexity index is 451. The van der Waals surface area contributed by atoms with Crippen molar-refractivity contribution in [2.75, 3.05) is 26.7 Å². The minimum atomic E-state index is -0.372. The summed E-state index contributed by atoms with van der Waals surface area (Å²) in [7, 11) is 1.71. The van der Waals surface area contributed by atoms with Gasteiger partial charge in [-0.1, -0.05) is 13.0 Å². The van der Waals surface area contributed by atoms with Gasteiger partial charge < -0.3 is 15.0 Å². The van der Waals surface area contributed by atoms with Gasteiger partial charge in [0.25, 0.3) is 5.91 Å². The Morgan fingerprint density at radius 3 is 2.75 bits per heavy atom. The zero-order chi connectivity index (χ0) is 15.1. The summed E-state index contributed by atoms with van der Waals surface area (Å²) in [5, 5.41) is 3.25. The van der Waals surface area contributed by atoms with Crippen LogP contribution < -0.4 is 10.1 Å². The van der Waals surface area contributed by atoms with E-state index in [1.807, 2.05) is 20.8 Å². The van der Waals surface area contributed by atoms with Gasteiger partial charge in [0, 0.05) is 31.3 Å². The van der Waals surface area contributed by atoms with Crippen molar-refractivity contribution < 1.29 is 13.9 Å². The van der Waals surface area contributed by atoms with Gasteiger partial charge in [0.15, 0.2) is 6.61 Å². The number of rotatable bonds is 7. The fraction of sp³-hybridized carbons (Fsp3) is 0.533. The van der Waals surface area contributed by atoms with Crippen molar-refractivity contribution in [1.82, 2.24) is 10.2 Å². The maximum atomic E-state index is 13.3. The fourth-order valence-corrected chi connectivity index (χ4v) is 1.83. The van der Waals surface area contributed by atoms with Crippen LogP contribution in [0, 0.1) is 5.82 Å². The van der Waals surface area contributed by atoms with E-state index in [-0.39, 0.29) is 24.4 Å². The zero-order valence-corrected chi connectivity index (χ0v) is 12.6. The van der Waals surface area contributed by atoms with Crippen molar-refractivity contribution in [2.24, 2.45) is 0 Å². The molecule has 1 rings (SSSR count). The molecule has 112 valence electrons. The van der Waals surface area contributed by atoms with Gasteiger partial charge in [0.2, 0.25) is 0 Å². The number of hydrogen-bond donors (Lipinski definition) is 1. The molecule has 1 amide bonds. The Labute approximate surface area is 119 Å². The van der Waals surface area contributed by atoms with Crippen LogP contribution in [0.15, 0.2) is 18.2 Å². The molecule has 0 heterocycles. The van der Waals surface area contributed by atoms with Crippen LogP contribution in [0.1, 0.15) is 32.4 Å². The molecule has 1 aromatic carbocycles. The molecule has 0 spiro atoms. The molecule has 0 aliphatic rings. The van der Waals surface area contributed by atoms with Crippen LogP contribution in [-0.4, -0.2) is 37.6 Å². The first-order valence-corrected chi connectivity index (χ1v) is 6.89. The highest BCUT2D eigenvalue weighted by Gasteiger charge is 2.14. The zero-order valence-electron chi connectivity index (χ0n) is 12.6. The number of nitrogens with one attached hydrogen (secondary N) is 1. The summed E-state index contributed by atoms with van der Waals surface area (Å²) in [4.78, 5) is 13.3. The molecule has 1 atom stereocenters. The second kappa shape index (κ2) is 7.85. The summed E-state index contributed by atoms with van der Waals surface area (Å²) >= 11 is 0. The number of nitrogens with zero attached hydrogens (tertiary/aromatic N) is 1. The van der Waals surface area contributed by atoms with Crippen LogP contribution in [0.2, 0.25) is 0 Å². The first kappa shape index (κ1) is 16.4. The normalized spacial score (nSPS) is 12.1. The van der Waals surface area contributed by atoms with Crippen molar-refractivity contribution in [1.29, 1.82) is 0 Å². The second-order valence-electron chi connectivity index (χ2n) is 4.66. The van der Waals surface area contributed by atoms with Gasteiger partial charge in [-0.2, -0.15) is 0 Å². The Kier molecular flexibility index (Phi) is 6.45. The summed E-state index contributed by atoms with van der Waals surface area (Å²) in [6.07, 6.45) is 0. The Balaban J connectivity index is 2.82. The van der Waals surface area contributed by atoms with Gasteiger partial charge in [-0.25, -0.2) is 4.39 Å². The maximum absolute atomic E-state index is 13.3.